The molecular formula is C17H16N2O3. The number of benzene rings is 1. The van der Waals surface area contributed by atoms with Crippen molar-refractivity contribution < 1.29 is 13.9 Å². The van der Waals surface area contributed by atoms with E-state index in [1.54, 1.807) is 18.3 Å². The van der Waals surface area contributed by atoms with E-state index in [2.05, 4.69) is 10.3 Å². The fourth-order valence-electron chi connectivity index (χ4n) is 2.38. The molecule has 0 aliphatic heterocycles. The van der Waals surface area contributed by atoms with Crippen LogP contribution in [-0.2, 0) is 0 Å². The molecule has 0 unspecified atom stereocenters. The highest BCUT2D eigenvalue weighted by molar-refractivity contribution is 6.06. The zero-order chi connectivity index (χ0) is 15.7. The van der Waals surface area contributed by atoms with E-state index in [1.165, 1.54) is 7.11 Å². The highest BCUT2D eigenvalue weighted by atomic mass is 16.5. The summed E-state index contributed by atoms with van der Waals surface area (Å²) in [5.74, 6) is 0.338. The highest BCUT2D eigenvalue weighted by Crippen LogP contribution is 2.28. The van der Waals surface area contributed by atoms with Gasteiger partial charge in [-0.1, -0.05) is 12.1 Å². The van der Waals surface area contributed by atoms with Crippen LogP contribution in [0, 0.1) is 13.8 Å². The number of amides is 1. The number of aromatic nitrogens is 1. The Balaban J connectivity index is 1.97. The smallest absolute Gasteiger partial charge is 0.291 e. The van der Waals surface area contributed by atoms with Gasteiger partial charge in [0.05, 0.1) is 7.11 Å². The molecule has 0 saturated carbocycles. The number of fused-ring (bicyclic) bond motifs is 1. The second-order valence-electron chi connectivity index (χ2n) is 5.07. The van der Waals surface area contributed by atoms with Crippen LogP contribution in [-0.4, -0.2) is 18.0 Å². The Labute approximate surface area is 127 Å². The topological polar surface area (TPSA) is 64.4 Å². The van der Waals surface area contributed by atoms with Gasteiger partial charge in [0, 0.05) is 17.1 Å². The van der Waals surface area contributed by atoms with E-state index in [0.717, 1.165) is 16.5 Å². The lowest BCUT2D eigenvalue weighted by Crippen LogP contribution is -2.13. The minimum absolute atomic E-state index is 0.298. The van der Waals surface area contributed by atoms with Gasteiger partial charge in [0.2, 0.25) is 5.88 Å². The minimum atomic E-state index is -0.322. The standard InChI is InChI=1S/C17H16N2O3/c1-10-6-7-12-11(2)15(22-14(12)9-10)16(20)19-13-5-4-8-18-17(13)21-3/h4-9H,1-3H3,(H,19,20). The van der Waals surface area contributed by atoms with E-state index in [9.17, 15) is 4.79 Å². The number of hydrogen-bond donors (Lipinski definition) is 1. The van der Waals surface area contributed by atoms with Gasteiger partial charge >= 0.3 is 0 Å². The molecule has 5 heteroatoms. The highest BCUT2D eigenvalue weighted by Gasteiger charge is 2.19. The molecule has 5 nitrogen and oxygen atoms in total. The number of anilines is 1. The molecule has 2 heterocycles. The molecule has 1 N–H and O–H groups in total. The van der Waals surface area contributed by atoms with E-state index in [0.29, 0.717) is 22.9 Å². The number of rotatable bonds is 3. The largest absolute Gasteiger partial charge is 0.480 e. The van der Waals surface area contributed by atoms with E-state index >= 15 is 0 Å². The quantitative estimate of drug-likeness (QED) is 0.800. The Kier molecular flexibility index (Phi) is 3.55. The normalized spacial score (nSPS) is 10.7. The summed E-state index contributed by atoms with van der Waals surface area (Å²) < 4.78 is 10.8. The number of carbonyl (C=O) groups excluding carboxylic acids is 1. The van der Waals surface area contributed by atoms with Crippen LogP contribution in [0.25, 0.3) is 11.0 Å². The minimum Gasteiger partial charge on any atom is -0.480 e. The van der Waals surface area contributed by atoms with Crippen molar-refractivity contribution in [3.8, 4) is 5.88 Å². The number of aryl methyl sites for hydroxylation is 2. The van der Waals surface area contributed by atoms with Gasteiger partial charge in [-0.2, -0.15) is 0 Å². The maximum Gasteiger partial charge on any atom is 0.291 e. The molecule has 0 saturated heterocycles. The van der Waals surface area contributed by atoms with Crippen LogP contribution in [0.1, 0.15) is 21.7 Å². The first-order valence-electron chi connectivity index (χ1n) is 6.90. The lowest BCUT2D eigenvalue weighted by molar-refractivity contribution is 0.0997. The molecule has 0 aliphatic rings. The molecule has 112 valence electrons. The molecule has 22 heavy (non-hydrogen) atoms. The van der Waals surface area contributed by atoms with E-state index in [1.807, 2.05) is 32.0 Å². The molecule has 0 radical (unpaired) electrons. The zero-order valence-corrected chi connectivity index (χ0v) is 12.6. The average Bonchev–Trinajstić information content (AvgIpc) is 2.84. The summed E-state index contributed by atoms with van der Waals surface area (Å²) in [6.45, 7) is 3.86. The maximum atomic E-state index is 12.5. The number of ether oxygens (including phenoxy) is 1. The molecule has 0 spiro atoms. The summed E-state index contributed by atoms with van der Waals surface area (Å²) >= 11 is 0. The first-order chi connectivity index (χ1) is 10.6. The van der Waals surface area contributed by atoms with E-state index in [-0.39, 0.29) is 5.91 Å². The molecule has 0 fully saturated rings. The van der Waals surface area contributed by atoms with Gasteiger partial charge in [-0.3, -0.25) is 4.79 Å². The van der Waals surface area contributed by atoms with Gasteiger partial charge in [0.25, 0.3) is 5.91 Å². The Morgan fingerprint density at radius 2 is 2.09 bits per heavy atom. The van der Waals surface area contributed by atoms with Crippen LogP contribution in [0.5, 0.6) is 5.88 Å². The van der Waals surface area contributed by atoms with Gasteiger partial charge in [-0.15, -0.1) is 0 Å². The third-order valence-electron chi connectivity index (χ3n) is 3.51. The van der Waals surface area contributed by atoms with Crippen molar-refractivity contribution in [1.82, 2.24) is 4.98 Å². The van der Waals surface area contributed by atoms with Crippen LogP contribution < -0.4 is 10.1 Å². The monoisotopic (exact) mass is 296 g/mol. The number of nitrogens with zero attached hydrogens (tertiary/aromatic N) is 1. The summed E-state index contributed by atoms with van der Waals surface area (Å²) in [6.07, 6.45) is 1.60. The van der Waals surface area contributed by atoms with Crippen molar-refractivity contribution >= 4 is 22.6 Å². The van der Waals surface area contributed by atoms with Crippen LogP contribution >= 0.6 is 0 Å². The summed E-state index contributed by atoms with van der Waals surface area (Å²) in [7, 11) is 1.51. The summed E-state index contributed by atoms with van der Waals surface area (Å²) in [4.78, 5) is 16.5. The second kappa shape index (κ2) is 5.52. The fourth-order valence-corrected chi connectivity index (χ4v) is 2.38. The number of hydrogen-bond acceptors (Lipinski definition) is 4. The number of furan rings is 1. The molecule has 0 aliphatic carbocycles. The molecule has 1 aromatic carbocycles. The fraction of sp³-hybridized carbons (Fsp3) is 0.176. The van der Waals surface area contributed by atoms with Crippen molar-refractivity contribution in [3.63, 3.8) is 0 Å². The first kappa shape index (κ1) is 14.1. The molecule has 2 aromatic heterocycles. The Morgan fingerprint density at radius 1 is 1.27 bits per heavy atom. The summed E-state index contributed by atoms with van der Waals surface area (Å²) in [6, 6.07) is 9.34. The molecule has 3 rings (SSSR count). The van der Waals surface area contributed by atoms with Crippen molar-refractivity contribution in [1.29, 1.82) is 0 Å². The summed E-state index contributed by atoms with van der Waals surface area (Å²) in [5.41, 5.74) is 3.12. The van der Waals surface area contributed by atoms with E-state index in [4.69, 9.17) is 9.15 Å². The molecule has 1 amide bonds. The number of methoxy groups -OCH3 is 1. The van der Waals surface area contributed by atoms with Gasteiger partial charge in [-0.05, 0) is 37.6 Å². The first-order valence-corrected chi connectivity index (χ1v) is 6.90. The second-order valence-corrected chi connectivity index (χ2v) is 5.07. The third kappa shape index (κ3) is 2.41. The van der Waals surface area contributed by atoms with E-state index < -0.39 is 0 Å². The number of pyridine rings is 1. The summed E-state index contributed by atoms with van der Waals surface area (Å²) in [5, 5.41) is 3.71. The van der Waals surface area contributed by atoms with Gasteiger partial charge in [0.15, 0.2) is 5.76 Å². The van der Waals surface area contributed by atoms with Gasteiger partial charge < -0.3 is 14.5 Å². The van der Waals surface area contributed by atoms with Crippen LogP contribution in [0.3, 0.4) is 0 Å². The SMILES string of the molecule is COc1ncccc1NC(=O)c1oc2cc(C)ccc2c1C. The van der Waals surface area contributed by atoms with Gasteiger partial charge in [0.1, 0.15) is 11.3 Å². The van der Waals surface area contributed by atoms with Crippen LogP contribution in [0.4, 0.5) is 5.69 Å². The van der Waals surface area contributed by atoms with Crippen molar-refractivity contribution in [2.24, 2.45) is 0 Å². The Morgan fingerprint density at radius 3 is 2.86 bits per heavy atom. The van der Waals surface area contributed by atoms with Gasteiger partial charge in [-0.25, -0.2) is 4.98 Å². The molecule has 0 atom stereocenters. The maximum absolute atomic E-state index is 12.5. The Bertz CT molecular complexity index is 852. The lowest BCUT2D eigenvalue weighted by Gasteiger charge is -2.07. The lowest BCUT2D eigenvalue weighted by atomic mass is 10.1. The molecule has 3 aromatic rings. The molecule has 0 bridgehead atoms. The number of nitrogens with one attached hydrogen (secondary N) is 1. The average molecular weight is 296 g/mol. The third-order valence-corrected chi connectivity index (χ3v) is 3.51. The van der Waals surface area contributed by atoms with Crippen LogP contribution in [0.15, 0.2) is 40.9 Å². The predicted molar refractivity (Wildman–Crippen MR) is 84.4 cm³/mol. The van der Waals surface area contributed by atoms with Crippen LogP contribution in [0.2, 0.25) is 0 Å². The van der Waals surface area contributed by atoms with Crippen molar-refractivity contribution in [3.05, 3.63) is 53.4 Å². The predicted octanol–water partition coefficient (Wildman–Crippen LogP) is 3.71. The number of carbonyl (C=O) groups is 1. The Hall–Kier alpha value is -2.82. The zero-order valence-electron chi connectivity index (χ0n) is 12.6. The van der Waals surface area contributed by atoms with Crippen molar-refractivity contribution in [2.75, 3.05) is 12.4 Å². The van der Waals surface area contributed by atoms with Crippen molar-refractivity contribution in [2.45, 2.75) is 13.8 Å². The molecular weight excluding hydrogens is 280 g/mol.